The zero-order chi connectivity index (χ0) is 13.4. The summed E-state index contributed by atoms with van der Waals surface area (Å²) in [6.45, 7) is 5.44. The molecule has 2 unspecified atom stereocenters. The Morgan fingerprint density at radius 2 is 2.06 bits per heavy atom. The lowest BCUT2D eigenvalue weighted by Gasteiger charge is -2.17. The molecule has 0 aliphatic carbocycles. The molecule has 0 radical (unpaired) electrons. The van der Waals surface area contributed by atoms with E-state index in [9.17, 15) is 4.39 Å². The molecule has 0 aliphatic heterocycles. The lowest BCUT2D eigenvalue weighted by atomic mass is 10.0. The summed E-state index contributed by atoms with van der Waals surface area (Å²) in [5.74, 6) is 0.330. The fraction of sp³-hybridized carbons (Fsp3) is 0.600. The van der Waals surface area contributed by atoms with E-state index in [0.29, 0.717) is 12.0 Å². The summed E-state index contributed by atoms with van der Waals surface area (Å²) in [4.78, 5) is 0. The third-order valence-electron chi connectivity index (χ3n) is 3.19. The third-order valence-corrected chi connectivity index (χ3v) is 3.19. The van der Waals surface area contributed by atoms with Crippen LogP contribution in [0.15, 0.2) is 24.3 Å². The summed E-state index contributed by atoms with van der Waals surface area (Å²) in [5, 5.41) is 12.3. The van der Waals surface area contributed by atoms with E-state index in [0.717, 1.165) is 31.4 Å². The van der Waals surface area contributed by atoms with Gasteiger partial charge in [-0.05, 0) is 56.3 Å². The van der Waals surface area contributed by atoms with Gasteiger partial charge >= 0.3 is 0 Å². The maximum Gasteiger partial charge on any atom is 0.123 e. The molecule has 0 aromatic heterocycles. The summed E-state index contributed by atoms with van der Waals surface area (Å²) in [7, 11) is 0. The van der Waals surface area contributed by atoms with Gasteiger partial charge in [-0.2, -0.15) is 0 Å². The average Bonchev–Trinajstić information content (AvgIpc) is 2.34. The second kappa shape index (κ2) is 8.22. The van der Waals surface area contributed by atoms with E-state index in [2.05, 4.69) is 19.2 Å². The van der Waals surface area contributed by atoms with Crippen molar-refractivity contribution in [2.24, 2.45) is 5.92 Å². The van der Waals surface area contributed by atoms with E-state index in [1.165, 1.54) is 6.07 Å². The van der Waals surface area contributed by atoms with E-state index in [-0.39, 0.29) is 12.4 Å². The van der Waals surface area contributed by atoms with Gasteiger partial charge in [0.2, 0.25) is 0 Å². The first kappa shape index (κ1) is 15.1. The van der Waals surface area contributed by atoms with Crippen LogP contribution < -0.4 is 5.32 Å². The molecule has 0 bridgehead atoms. The van der Waals surface area contributed by atoms with Gasteiger partial charge in [-0.15, -0.1) is 0 Å². The molecule has 1 rings (SSSR count). The number of hydrogen-bond donors (Lipinski definition) is 2. The van der Waals surface area contributed by atoms with Gasteiger partial charge < -0.3 is 10.4 Å². The Balaban J connectivity index is 2.22. The molecule has 0 fully saturated rings. The van der Waals surface area contributed by atoms with Crippen molar-refractivity contribution < 1.29 is 9.50 Å². The number of aliphatic hydroxyl groups excluding tert-OH is 1. The van der Waals surface area contributed by atoms with Gasteiger partial charge in [-0.25, -0.2) is 4.39 Å². The average molecular weight is 253 g/mol. The number of rotatable bonds is 8. The maximum absolute atomic E-state index is 13.0. The molecule has 18 heavy (non-hydrogen) atoms. The summed E-state index contributed by atoms with van der Waals surface area (Å²) in [6.07, 6.45) is 2.72. The first-order valence-electron chi connectivity index (χ1n) is 6.70. The molecule has 0 amide bonds. The van der Waals surface area contributed by atoms with Gasteiger partial charge in [0.25, 0.3) is 0 Å². The second-order valence-electron chi connectivity index (χ2n) is 5.10. The number of nitrogens with one attached hydrogen (secondary N) is 1. The van der Waals surface area contributed by atoms with Crippen molar-refractivity contribution in [3.05, 3.63) is 35.6 Å². The lowest BCUT2D eigenvalue weighted by molar-refractivity contribution is 0.257. The van der Waals surface area contributed by atoms with Gasteiger partial charge in [0, 0.05) is 12.6 Å². The van der Waals surface area contributed by atoms with Crippen LogP contribution in [-0.2, 0) is 6.42 Å². The van der Waals surface area contributed by atoms with Gasteiger partial charge in [0.05, 0.1) is 0 Å². The summed E-state index contributed by atoms with van der Waals surface area (Å²) in [6, 6.07) is 7.20. The third kappa shape index (κ3) is 6.12. The Labute approximate surface area is 109 Å². The van der Waals surface area contributed by atoms with Crippen molar-refractivity contribution in [3.63, 3.8) is 0 Å². The molecular weight excluding hydrogens is 229 g/mol. The molecule has 0 heterocycles. The minimum atomic E-state index is -0.162. The predicted octanol–water partition coefficient (Wildman–Crippen LogP) is 2.75. The summed E-state index contributed by atoms with van der Waals surface area (Å²) in [5.41, 5.74) is 1.05. The number of benzene rings is 1. The molecule has 0 spiro atoms. The number of halogens is 1. The van der Waals surface area contributed by atoms with Crippen molar-refractivity contribution in [2.45, 2.75) is 39.2 Å². The van der Waals surface area contributed by atoms with E-state index in [4.69, 9.17) is 5.11 Å². The Morgan fingerprint density at radius 3 is 2.72 bits per heavy atom. The first-order chi connectivity index (χ1) is 8.61. The van der Waals surface area contributed by atoms with Crippen LogP contribution in [0.1, 0.15) is 32.3 Å². The normalized spacial score (nSPS) is 14.4. The Kier molecular flexibility index (Phi) is 6.91. The fourth-order valence-corrected chi connectivity index (χ4v) is 1.90. The monoisotopic (exact) mass is 253 g/mol. The van der Waals surface area contributed by atoms with Crippen molar-refractivity contribution in [1.82, 2.24) is 5.32 Å². The van der Waals surface area contributed by atoms with Gasteiger partial charge in [-0.3, -0.25) is 0 Å². The Bertz CT molecular complexity index is 343. The van der Waals surface area contributed by atoms with Crippen molar-refractivity contribution in [2.75, 3.05) is 13.2 Å². The molecule has 2 nitrogen and oxygen atoms in total. The highest BCUT2D eigenvalue weighted by Crippen LogP contribution is 2.08. The molecule has 3 heteroatoms. The van der Waals surface area contributed by atoms with Gasteiger partial charge in [0.15, 0.2) is 0 Å². The highest BCUT2D eigenvalue weighted by Gasteiger charge is 2.06. The van der Waals surface area contributed by atoms with Crippen LogP contribution in [0.3, 0.4) is 0 Å². The Morgan fingerprint density at radius 1 is 1.28 bits per heavy atom. The molecule has 0 saturated heterocycles. The number of hydrogen-bond acceptors (Lipinski definition) is 2. The topological polar surface area (TPSA) is 32.3 Å². The minimum Gasteiger partial charge on any atom is -0.396 e. The highest BCUT2D eigenvalue weighted by atomic mass is 19.1. The van der Waals surface area contributed by atoms with Crippen LogP contribution in [0.2, 0.25) is 0 Å². The molecule has 102 valence electrons. The molecule has 0 saturated carbocycles. The van der Waals surface area contributed by atoms with E-state index in [1.54, 1.807) is 12.1 Å². The van der Waals surface area contributed by atoms with Gasteiger partial charge in [-0.1, -0.05) is 19.1 Å². The molecule has 2 N–H and O–H groups in total. The summed E-state index contributed by atoms with van der Waals surface area (Å²) >= 11 is 0. The van der Waals surface area contributed by atoms with Crippen molar-refractivity contribution in [3.8, 4) is 0 Å². The largest absolute Gasteiger partial charge is 0.396 e. The molecule has 0 aliphatic rings. The zero-order valence-corrected chi connectivity index (χ0v) is 11.3. The van der Waals surface area contributed by atoms with Crippen LogP contribution in [-0.4, -0.2) is 24.3 Å². The first-order valence-corrected chi connectivity index (χ1v) is 6.70. The molecule has 2 atom stereocenters. The van der Waals surface area contributed by atoms with Gasteiger partial charge in [0.1, 0.15) is 5.82 Å². The molecule has 1 aromatic carbocycles. The SMILES string of the molecule is CC(CCO)CNC(C)CCc1cccc(F)c1. The second-order valence-corrected chi connectivity index (χ2v) is 5.10. The van der Waals surface area contributed by atoms with Crippen LogP contribution in [0.25, 0.3) is 0 Å². The zero-order valence-electron chi connectivity index (χ0n) is 11.3. The van der Waals surface area contributed by atoms with Crippen molar-refractivity contribution >= 4 is 0 Å². The van der Waals surface area contributed by atoms with Crippen molar-refractivity contribution in [1.29, 1.82) is 0 Å². The quantitative estimate of drug-likeness (QED) is 0.746. The van der Waals surface area contributed by atoms with E-state index in [1.807, 2.05) is 6.07 Å². The van der Waals surface area contributed by atoms with Crippen LogP contribution in [0, 0.1) is 11.7 Å². The number of aliphatic hydroxyl groups is 1. The Hall–Kier alpha value is -0.930. The molecular formula is C15H24FNO. The minimum absolute atomic E-state index is 0.162. The smallest absolute Gasteiger partial charge is 0.123 e. The summed E-state index contributed by atoms with van der Waals surface area (Å²) < 4.78 is 13.0. The highest BCUT2D eigenvalue weighted by molar-refractivity contribution is 5.16. The van der Waals surface area contributed by atoms with E-state index >= 15 is 0 Å². The number of aryl methyl sites for hydroxylation is 1. The standard InChI is InChI=1S/C15H24FNO/c1-12(8-9-18)11-17-13(2)6-7-14-4-3-5-15(16)10-14/h3-5,10,12-13,17-18H,6-9,11H2,1-2H3. The predicted molar refractivity (Wildman–Crippen MR) is 73.1 cm³/mol. The fourth-order valence-electron chi connectivity index (χ4n) is 1.90. The van der Waals surface area contributed by atoms with Crippen LogP contribution >= 0.6 is 0 Å². The van der Waals surface area contributed by atoms with E-state index < -0.39 is 0 Å². The molecule has 1 aromatic rings. The maximum atomic E-state index is 13.0. The lowest BCUT2D eigenvalue weighted by Crippen LogP contribution is -2.31. The van der Waals surface area contributed by atoms with Crippen LogP contribution in [0.4, 0.5) is 4.39 Å². The van der Waals surface area contributed by atoms with Crippen LogP contribution in [0.5, 0.6) is 0 Å².